The van der Waals surface area contributed by atoms with Gasteiger partial charge in [0.05, 0.1) is 5.56 Å². The predicted molar refractivity (Wildman–Crippen MR) is 82.7 cm³/mol. The number of carbonyl (C=O) groups excluding carboxylic acids is 1. The molecule has 1 amide bonds. The lowest BCUT2D eigenvalue weighted by atomic mass is 10.1. The van der Waals surface area contributed by atoms with E-state index < -0.39 is 0 Å². The molecular formula is C14H14ClN3OS. The third-order valence-electron chi connectivity index (χ3n) is 2.91. The van der Waals surface area contributed by atoms with Crippen LogP contribution in [-0.4, -0.2) is 22.1 Å². The number of hydrogen-bond donors (Lipinski definition) is 1. The molecule has 6 heteroatoms. The summed E-state index contributed by atoms with van der Waals surface area (Å²) < 4.78 is 0. The molecule has 104 valence electrons. The van der Waals surface area contributed by atoms with E-state index in [9.17, 15) is 4.79 Å². The molecular weight excluding hydrogens is 294 g/mol. The quantitative estimate of drug-likeness (QED) is 0.533. The molecule has 4 nitrogen and oxygen atoms in total. The number of nitrogens with one attached hydrogen (secondary N) is 1. The van der Waals surface area contributed by atoms with E-state index in [4.69, 9.17) is 11.6 Å². The topological polar surface area (TPSA) is 54.9 Å². The Labute approximate surface area is 127 Å². The molecule has 0 atom stereocenters. The molecule has 0 bridgehead atoms. The fourth-order valence-electron chi connectivity index (χ4n) is 1.61. The number of carbonyl (C=O) groups is 1. The summed E-state index contributed by atoms with van der Waals surface area (Å²) >= 11 is 7.37. The van der Waals surface area contributed by atoms with Gasteiger partial charge >= 0.3 is 0 Å². The number of benzene rings is 1. The summed E-state index contributed by atoms with van der Waals surface area (Å²) in [6.45, 7) is 4.02. The fraction of sp³-hybridized carbons (Fsp3) is 0.214. The summed E-state index contributed by atoms with van der Waals surface area (Å²) in [5.74, 6) is -0.314. The lowest BCUT2D eigenvalue weighted by Crippen LogP contribution is -2.14. The van der Waals surface area contributed by atoms with Gasteiger partial charge in [-0.3, -0.25) is 4.79 Å². The molecule has 2 aromatic rings. The van der Waals surface area contributed by atoms with Crippen molar-refractivity contribution in [3.8, 4) is 0 Å². The maximum absolute atomic E-state index is 12.1. The summed E-state index contributed by atoms with van der Waals surface area (Å²) in [5, 5.41) is 3.49. The zero-order chi connectivity index (χ0) is 14.7. The third kappa shape index (κ3) is 3.29. The highest BCUT2D eigenvalue weighted by molar-refractivity contribution is 7.98. The van der Waals surface area contributed by atoms with Gasteiger partial charge in [-0.25, -0.2) is 9.97 Å². The second kappa shape index (κ2) is 6.24. The monoisotopic (exact) mass is 307 g/mol. The Bertz CT molecular complexity index is 661. The molecule has 0 fully saturated rings. The van der Waals surface area contributed by atoms with Crippen LogP contribution in [-0.2, 0) is 0 Å². The molecule has 0 aliphatic carbocycles. The van der Waals surface area contributed by atoms with E-state index in [-0.39, 0.29) is 16.6 Å². The highest BCUT2D eigenvalue weighted by Gasteiger charge is 2.13. The van der Waals surface area contributed by atoms with Gasteiger partial charge in [0.1, 0.15) is 5.15 Å². The van der Waals surface area contributed by atoms with Crippen molar-refractivity contribution in [3.63, 3.8) is 0 Å². The van der Waals surface area contributed by atoms with Crippen LogP contribution < -0.4 is 5.32 Å². The number of nitrogens with zero attached hydrogens (tertiary/aromatic N) is 2. The first-order valence-electron chi connectivity index (χ1n) is 5.96. The molecule has 0 aliphatic heterocycles. The zero-order valence-corrected chi connectivity index (χ0v) is 13.0. The van der Waals surface area contributed by atoms with E-state index in [1.54, 1.807) is 0 Å². The maximum Gasteiger partial charge on any atom is 0.260 e. The highest BCUT2D eigenvalue weighted by Crippen LogP contribution is 2.19. The van der Waals surface area contributed by atoms with Gasteiger partial charge in [-0.2, -0.15) is 0 Å². The van der Waals surface area contributed by atoms with Crippen molar-refractivity contribution in [1.29, 1.82) is 0 Å². The Kier molecular flexibility index (Phi) is 4.62. The van der Waals surface area contributed by atoms with Gasteiger partial charge in [0.2, 0.25) is 0 Å². The summed E-state index contributed by atoms with van der Waals surface area (Å²) in [4.78, 5) is 20.2. The number of rotatable bonds is 3. The van der Waals surface area contributed by atoms with Crippen LogP contribution in [0, 0.1) is 13.8 Å². The van der Waals surface area contributed by atoms with Gasteiger partial charge in [-0.1, -0.05) is 29.4 Å². The smallest absolute Gasteiger partial charge is 0.260 e. The molecule has 0 saturated carbocycles. The first-order chi connectivity index (χ1) is 9.51. The Hall–Kier alpha value is -1.59. The van der Waals surface area contributed by atoms with Crippen LogP contribution in [0.25, 0.3) is 0 Å². The molecule has 0 radical (unpaired) electrons. The molecule has 0 aliphatic rings. The van der Waals surface area contributed by atoms with Gasteiger partial charge in [-0.05, 0) is 43.4 Å². The molecule has 0 saturated heterocycles. The van der Waals surface area contributed by atoms with Gasteiger partial charge in [0.25, 0.3) is 5.91 Å². The van der Waals surface area contributed by atoms with Crippen molar-refractivity contribution in [2.24, 2.45) is 0 Å². The van der Waals surface area contributed by atoms with Crippen LogP contribution in [0.2, 0.25) is 5.15 Å². The molecule has 1 N–H and O–H groups in total. The largest absolute Gasteiger partial charge is 0.322 e. The van der Waals surface area contributed by atoms with E-state index >= 15 is 0 Å². The summed E-state index contributed by atoms with van der Waals surface area (Å²) in [6, 6.07) is 5.73. The average molecular weight is 308 g/mol. The van der Waals surface area contributed by atoms with Gasteiger partial charge in [-0.15, -0.1) is 0 Å². The lowest BCUT2D eigenvalue weighted by molar-refractivity contribution is 0.102. The number of hydrogen-bond acceptors (Lipinski definition) is 4. The van der Waals surface area contributed by atoms with Crippen molar-refractivity contribution in [2.75, 3.05) is 11.6 Å². The zero-order valence-electron chi connectivity index (χ0n) is 11.4. The van der Waals surface area contributed by atoms with Crippen molar-refractivity contribution >= 4 is 35.0 Å². The van der Waals surface area contributed by atoms with Crippen molar-refractivity contribution in [3.05, 3.63) is 46.2 Å². The van der Waals surface area contributed by atoms with Crippen LogP contribution in [0.1, 0.15) is 21.5 Å². The minimum absolute atomic E-state index is 0.158. The van der Waals surface area contributed by atoms with Crippen molar-refractivity contribution in [2.45, 2.75) is 19.0 Å². The van der Waals surface area contributed by atoms with Crippen molar-refractivity contribution in [1.82, 2.24) is 9.97 Å². The van der Waals surface area contributed by atoms with E-state index in [1.165, 1.54) is 23.5 Å². The molecule has 2 rings (SSSR count). The Morgan fingerprint density at radius 2 is 2.05 bits per heavy atom. The minimum Gasteiger partial charge on any atom is -0.322 e. The first kappa shape index (κ1) is 14.8. The SMILES string of the molecule is CSc1ncc(C(=O)Nc2ccc(C)c(C)c2)c(Cl)n1. The number of thioether (sulfide) groups is 1. The number of aryl methyl sites for hydroxylation is 2. The first-order valence-corrected chi connectivity index (χ1v) is 7.56. The minimum atomic E-state index is -0.314. The maximum atomic E-state index is 12.1. The fourth-order valence-corrected chi connectivity index (χ4v) is 2.22. The normalized spacial score (nSPS) is 10.4. The van der Waals surface area contributed by atoms with Crippen molar-refractivity contribution < 1.29 is 4.79 Å². The second-order valence-electron chi connectivity index (χ2n) is 4.31. The van der Waals surface area contributed by atoms with E-state index in [1.807, 2.05) is 38.3 Å². The predicted octanol–water partition coefficient (Wildman–Crippen LogP) is 3.72. The highest BCUT2D eigenvalue weighted by atomic mass is 35.5. The number of amides is 1. The van der Waals surface area contributed by atoms with E-state index in [0.717, 1.165) is 11.3 Å². The van der Waals surface area contributed by atoms with Gasteiger partial charge in [0.15, 0.2) is 5.16 Å². The Balaban J connectivity index is 2.21. The van der Waals surface area contributed by atoms with Gasteiger partial charge < -0.3 is 5.32 Å². The Morgan fingerprint density at radius 3 is 2.65 bits per heavy atom. The van der Waals surface area contributed by atoms with Crippen LogP contribution >= 0.6 is 23.4 Å². The molecule has 0 spiro atoms. The summed E-state index contributed by atoms with van der Waals surface area (Å²) in [7, 11) is 0. The van der Waals surface area contributed by atoms with Gasteiger partial charge in [0, 0.05) is 11.9 Å². The van der Waals surface area contributed by atoms with Crippen LogP contribution in [0.15, 0.2) is 29.6 Å². The second-order valence-corrected chi connectivity index (χ2v) is 5.45. The molecule has 20 heavy (non-hydrogen) atoms. The van der Waals surface area contributed by atoms with E-state index in [2.05, 4.69) is 15.3 Å². The van der Waals surface area contributed by atoms with Crippen LogP contribution in [0.5, 0.6) is 0 Å². The average Bonchev–Trinajstić information content (AvgIpc) is 2.42. The summed E-state index contributed by atoms with van der Waals surface area (Å²) in [5.41, 5.74) is 3.28. The molecule has 1 aromatic carbocycles. The number of anilines is 1. The standard InChI is InChI=1S/C14H14ClN3OS/c1-8-4-5-10(6-9(8)2)17-13(19)11-7-16-14(20-3)18-12(11)15/h4-7H,1-3H3,(H,17,19). The number of aromatic nitrogens is 2. The van der Waals surface area contributed by atoms with Crippen LogP contribution in [0.3, 0.4) is 0 Å². The van der Waals surface area contributed by atoms with E-state index in [0.29, 0.717) is 5.16 Å². The molecule has 1 aromatic heterocycles. The lowest BCUT2D eigenvalue weighted by Gasteiger charge is -2.08. The molecule has 1 heterocycles. The van der Waals surface area contributed by atoms with Crippen LogP contribution in [0.4, 0.5) is 5.69 Å². The Morgan fingerprint density at radius 1 is 1.30 bits per heavy atom. The third-order valence-corrected chi connectivity index (χ3v) is 3.76. The number of halogens is 1. The molecule has 0 unspecified atom stereocenters. The summed E-state index contributed by atoms with van der Waals surface area (Å²) in [6.07, 6.45) is 3.29.